The predicted molar refractivity (Wildman–Crippen MR) is 145 cm³/mol. The van der Waals surface area contributed by atoms with Crippen molar-refractivity contribution in [2.75, 3.05) is 38.6 Å². The largest absolute Gasteiger partial charge is 0.507 e. The molecule has 1 N–H and O–H groups in total. The van der Waals surface area contributed by atoms with Gasteiger partial charge in [0.25, 0.3) is 17.6 Å². The topological polar surface area (TPSA) is 90.4 Å². The molecule has 0 aromatic heterocycles. The summed E-state index contributed by atoms with van der Waals surface area (Å²) in [6.45, 7) is 5.36. The van der Waals surface area contributed by atoms with Gasteiger partial charge in [-0.05, 0) is 70.2 Å². The van der Waals surface area contributed by atoms with Crippen LogP contribution in [0.5, 0.6) is 5.75 Å². The van der Waals surface area contributed by atoms with E-state index in [2.05, 4.69) is 0 Å². The van der Waals surface area contributed by atoms with Gasteiger partial charge in [-0.15, -0.1) is 0 Å². The van der Waals surface area contributed by atoms with Crippen molar-refractivity contribution in [1.82, 2.24) is 9.80 Å². The van der Waals surface area contributed by atoms with Crippen molar-refractivity contribution in [2.45, 2.75) is 51.2 Å². The summed E-state index contributed by atoms with van der Waals surface area (Å²) in [4.78, 5) is 46.9. The predicted octanol–water partition coefficient (Wildman–Crippen LogP) is 3.68. The summed E-state index contributed by atoms with van der Waals surface area (Å²) in [6, 6.07) is 12.6. The number of ketones is 1. The summed E-state index contributed by atoms with van der Waals surface area (Å²) >= 11 is 0. The van der Waals surface area contributed by atoms with E-state index in [-0.39, 0.29) is 29.9 Å². The first-order valence-electron chi connectivity index (χ1n) is 13.4. The number of fused-ring (bicyclic) bond motifs is 3. The lowest BCUT2D eigenvalue weighted by molar-refractivity contribution is -0.143. The second-order valence-corrected chi connectivity index (χ2v) is 10.7. The molecule has 0 saturated carbocycles. The van der Waals surface area contributed by atoms with Gasteiger partial charge in [0.05, 0.1) is 11.3 Å². The zero-order chi connectivity index (χ0) is 27.2. The van der Waals surface area contributed by atoms with Crippen molar-refractivity contribution < 1.29 is 24.2 Å². The lowest BCUT2D eigenvalue weighted by Crippen LogP contribution is -2.52. The molecule has 3 aliphatic heterocycles. The Morgan fingerprint density at radius 1 is 1.11 bits per heavy atom. The minimum atomic E-state index is -1.71. The second kappa shape index (κ2) is 9.91. The number of nitrogens with zero attached hydrogens (tertiary/aromatic N) is 3. The molecule has 2 aromatic carbocycles. The Labute approximate surface area is 223 Å². The first kappa shape index (κ1) is 26.0. The normalized spacial score (nSPS) is 23.5. The van der Waals surface area contributed by atoms with E-state index < -0.39 is 17.2 Å². The molecule has 0 radical (unpaired) electrons. The van der Waals surface area contributed by atoms with E-state index in [9.17, 15) is 19.5 Å². The number of aliphatic hydroxyl groups excluding tert-OH is 1. The fraction of sp³-hybridized carbons (Fsp3) is 0.433. The summed E-state index contributed by atoms with van der Waals surface area (Å²) in [6.07, 6.45) is 2.91. The van der Waals surface area contributed by atoms with Crippen LogP contribution in [0.3, 0.4) is 0 Å². The molecule has 2 amide bonds. The molecule has 200 valence electrons. The molecule has 1 saturated heterocycles. The second-order valence-electron chi connectivity index (χ2n) is 10.7. The third kappa shape index (κ3) is 3.89. The van der Waals surface area contributed by atoms with Crippen molar-refractivity contribution in [3.63, 3.8) is 0 Å². The van der Waals surface area contributed by atoms with Crippen LogP contribution in [0.4, 0.5) is 5.69 Å². The Balaban J connectivity index is 1.72. The van der Waals surface area contributed by atoms with Crippen LogP contribution in [0, 0.1) is 0 Å². The smallest absolute Gasteiger partial charge is 0.296 e. The highest BCUT2D eigenvalue weighted by Crippen LogP contribution is 2.53. The summed E-state index contributed by atoms with van der Waals surface area (Å²) in [5.74, 6) is -1.56. The minimum absolute atomic E-state index is 0.0127. The Bertz CT molecular complexity index is 1330. The van der Waals surface area contributed by atoms with E-state index in [1.54, 1.807) is 29.2 Å². The van der Waals surface area contributed by atoms with Gasteiger partial charge in [0.15, 0.2) is 5.54 Å². The van der Waals surface area contributed by atoms with Crippen LogP contribution in [-0.4, -0.2) is 72.3 Å². The molecule has 2 unspecified atom stereocenters. The van der Waals surface area contributed by atoms with Crippen LogP contribution in [-0.2, 0) is 26.3 Å². The number of carbonyl (C=O) groups excluding carboxylic acids is 3. The monoisotopic (exact) mass is 517 g/mol. The molecular formula is C30H35N3O5. The van der Waals surface area contributed by atoms with Crippen LogP contribution in [0.25, 0.3) is 5.76 Å². The Hall–Kier alpha value is -3.65. The standard InChI is InChI=1S/C30H35N3O5/c1-5-6-15-32-23-11-8-7-10-22(23)30(29(32)37)25(27(35)28(36)33(30)16-9-14-31(3)4)26(34)20-12-13-24-21(18-20)17-19(2)38-24/h7-8,10-13,18-19,34H,5-6,9,14-17H2,1-4H3/b26-25+. The van der Waals surface area contributed by atoms with E-state index in [1.165, 1.54) is 4.90 Å². The number of aliphatic hydroxyl groups is 1. The van der Waals surface area contributed by atoms with Crippen molar-refractivity contribution in [1.29, 1.82) is 0 Å². The molecule has 5 rings (SSSR count). The first-order chi connectivity index (χ1) is 18.2. The maximum Gasteiger partial charge on any atom is 0.296 e. The zero-order valence-electron chi connectivity index (χ0n) is 22.5. The summed E-state index contributed by atoms with van der Waals surface area (Å²) in [7, 11) is 3.87. The van der Waals surface area contributed by atoms with Gasteiger partial charge in [-0.1, -0.05) is 31.5 Å². The number of hydrogen-bond donors (Lipinski definition) is 1. The highest BCUT2D eigenvalue weighted by Gasteiger charge is 2.66. The number of hydrogen-bond acceptors (Lipinski definition) is 6. The molecule has 1 spiro atoms. The molecule has 0 bridgehead atoms. The third-order valence-electron chi connectivity index (χ3n) is 7.70. The van der Waals surface area contributed by atoms with E-state index in [0.29, 0.717) is 42.7 Å². The molecule has 2 aromatic rings. The highest BCUT2D eigenvalue weighted by molar-refractivity contribution is 6.50. The van der Waals surface area contributed by atoms with Gasteiger partial charge >= 0.3 is 0 Å². The summed E-state index contributed by atoms with van der Waals surface area (Å²) in [5.41, 5.74) is 0.675. The van der Waals surface area contributed by atoms with Gasteiger partial charge < -0.3 is 24.5 Å². The molecular weight excluding hydrogens is 482 g/mol. The van der Waals surface area contributed by atoms with Gasteiger partial charge in [0, 0.05) is 30.6 Å². The quantitative estimate of drug-likeness (QED) is 0.326. The highest BCUT2D eigenvalue weighted by atomic mass is 16.5. The molecule has 1 fully saturated rings. The van der Waals surface area contributed by atoms with Gasteiger partial charge in [0.2, 0.25) is 0 Å². The van der Waals surface area contributed by atoms with Crippen molar-refractivity contribution in [3.8, 4) is 5.75 Å². The number of para-hydroxylation sites is 1. The molecule has 8 heteroatoms. The number of amides is 2. The number of benzene rings is 2. The van der Waals surface area contributed by atoms with Crippen LogP contribution in [0.15, 0.2) is 48.0 Å². The number of likely N-dealkylation sites (tertiary alicyclic amines) is 1. The van der Waals surface area contributed by atoms with Crippen LogP contribution < -0.4 is 9.64 Å². The van der Waals surface area contributed by atoms with Crippen LogP contribution in [0.2, 0.25) is 0 Å². The zero-order valence-corrected chi connectivity index (χ0v) is 22.5. The fourth-order valence-corrected chi connectivity index (χ4v) is 5.96. The van der Waals surface area contributed by atoms with Gasteiger partial charge in [-0.3, -0.25) is 14.4 Å². The van der Waals surface area contributed by atoms with Crippen molar-refractivity contribution in [3.05, 3.63) is 64.7 Å². The fourth-order valence-electron chi connectivity index (χ4n) is 5.96. The SMILES string of the molecule is CCCCN1C(=O)C2(/C(=C(/O)c3ccc4c(c3)CC(C)O4)C(=O)C(=O)N2CCCN(C)C)c2ccccc21. The lowest BCUT2D eigenvalue weighted by Gasteiger charge is -2.35. The number of unbranched alkanes of at least 4 members (excludes halogenated alkanes) is 1. The average molecular weight is 518 g/mol. The lowest BCUT2D eigenvalue weighted by atomic mass is 9.81. The molecule has 3 heterocycles. The molecule has 8 nitrogen and oxygen atoms in total. The van der Waals surface area contributed by atoms with E-state index in [4.69, 9.17) is 4.74 Å². The van der Waals surface area contributed by atoms with Crippen molar-refractivity contribution >= 4 is 29.0 Å². The van der Waals surface area contributed by atoms with Gasteiger partial charge in [-0.2, -0.15) is 0 Å². The molecule has 3 aliphatic rings. The summed E-state index contributed by atoms with van der Waals surface area (Å²) < 4.78 is 5.80. The Morgan fingerprint density at radius 2 is 1.87 bits per heavy atom. The maximum atomic E-state index is 14.5. The van der Waals surface area contributed by atoms with E-state index >= 15 is 0 Å². The Kier molecular flexibility index (Phi) is 6.77. The minimum Gasteiger partial charge on any atom is -0.507 e. The molecule has 2 atom stereocenters. The van der Waals surface area contributed by atoms with E-state index in [0.717, 1.165) is 24.2 Å². The third-order valence-corrected chi connectivity index (χ3v) is 7.70. The van der Waals surface area contributed by atoms with Crippen molar-refractivity contribution in [2.24, 2.45) is 0 Å². The number of rotatable bonds is 8. The van der Waals surface area contributed by atoms with Gasteiger partial charge in [-0.25, -0.2) is 0 Å². The number of carbonyl (C=O) groups is 3. The number of Topliss-reactive ketones (excluding diaryl/α,β-unsaturated/α-hetero) is 1. The van der Waals surface area contributed by atoms with Gasteiger partial charge in [0.1, 0.15) is 17.6 Å². The maximum absolute atomic E-state index is 14.5. The van der Waals surface area contributed by atoms with Crippen LogP contribution in [0.1, 0.15) is 49.8 Å². The molecule has 0 aliphatic carbocycles. The Morgan fingerprint density at radius 3 is 2.61 bits per heavy atom. The number of anilines is 1. The number of ether oxygens (including phenoxy) is 1. The molecule has 38 heavy (non-hydrogen) atoms. The van der Waals surface area contributed by atoms with E-state index in [1.807, 2.05) is 51.0 Å². The first-order valence-corrected chi connectivity index (χ1v) is 13.4. The average Bonchev–Trinajstić information content (AvgIpc) is 3.46. The van der Waals surface area contributed by atoms with Crippen LogP contribution >= 0.6 is 0 Å². The summed E-state index contributed by atoms with van der Waals surface area (Å²) in [5, 5.41) is 11.7.